The zero-order valence-corrected chi connectivity index (χ0v) is 12.3. The van der Waals surface area contributed by atoms with Crippen LogP contribution in [0.25, 0.3) is 10.1 Å². The predicted octanol–water partition coefficient (Wildman–Crippen LogP) is 6.42. The third-order valence-corrected chi connectivity index (χ3v) is 6.34. The number of hydrogen-bond acceptors (Lipinski definition) is 0. The van der Waals surface area contributed by atoms with Gasteiger partial charge in [0.1, 0.15) is 0 Å². The van der Waals surface area contributed by atoms with Crippen molar-refractivity contribution < 1.29 is 13.2 Å². The molecule has 0 nitrogen and oxygen atoms in total. The van der Waals surface area contributed by atoms with Crippen LogP contribution in [0.1, 0.15) is 48.5 Å². The number of aryl methyl sites for hydroxylation is 1. The average Bonchev–Trinajstić information content (AvgIpc) is 2.78. The molecule has 1 aliphatic carbocycles. The molecule has 1 atom stereocenters. The summed E-state index contributed by atoms with van der Waals surface area (Å²) in [5, 5.41) is 0.775. The Morgan fingerprint density at radius 1 is 1.05 bits per heavy atom. The minimum atomic E-state index is -4.15. The standard InChI is InChI=1S/C16H18F3S/c1-11-7-8-13-10-15(12-5-3-2-4-6-12)20(14(13)9-11)16(17,18)19/h7-10,12H,2-6H2,1H3/q+1. The first-order chi connectivity index (χ1) is 9.47. The topological polar surface area (TPSA) is 0 Å². The molecule has 1 saturated carbocycles. The maximum Gasteiger partial charge on any atom is 0.600 e. The quantitative estimate of drug-likeness (QED) is 0.533. The highest BCUT2D eigenvalue weighted by Gasteiger charge is 2.49. The molecule has 1 unspecified atom stereocenters. The van der Waals surface area contributed by atoms with E-state index in [1.165, 1.54) is 0 Å². The Morgan fingerprint density at radius 2 is 1.75 bits per heavy atom. The van der Waals surface area contributed by atoms with Gasteiger partial charge in [-0.05, 0) is 31.4 Å². The normalized spacial score (nSPS) is 18.7. The molecular formula is C16H18F3S+. The van der Waals surface area contributed by atoms with E-state index in [4.69, 9.17) is 0 Å². The molecule has 0 N–H and O–H groups in total. The van der Waals surface area contributed by atoms with Gasteiger partial charge in [0.15, 0.2) is 9.58 Å². The van der Waals surface area contributed by atoms with Crippen molar-refractivity contribution in [3.63, 3.8) is 0 Å². The summed E-state index contributed by atoms with van der Waals surface area (Å²) >= 11 is 0. The molecule has 1 aromatic heterocycles. The van der Waals surface area contributed by atoms with Gasteiger partial charge in [-0.25, -0.2) is 0 Å². The molecule has 20 heavy (non-hydrogen) atoms. The van der Waals surface area contributed by atoms with E-state index >= 15 is 0 Å². The molecule has 0 radical (unpaired) electrons. The highest BCUT2D eigenvalue weighted by Crippen LogP contribution is 2.55. The van der Waals surface area contributed by atoms with Gasteiger partial charge in [-0.1, -0.05) is 25.3 Å². The van der Waals surface area contributed by atoms with E-state index in [9.17, 15) is 13.2 Å². The number of rotatable bonds is 1. The van der Waals surface area contributed by atoms with Crippen molar-refractivity contribution >= 4 is 20.6 Å². The van der Waals surface area contributed by atoms with Crippen molar-refractivity contribution in [2.24, 2.45) is 0 Å². The lowest BCUT2D eigenvalue weighted by Gasteiger charge is -2.18. The SMILES string of the molecule is Cc1ccc2cc(C3CCCCC3)[s+](C(F)(F)F)c2c1. The first-order valence-corrected chi connectivity index (χ1v) is 8.32. The molecule has 0 aliphatic heterocycles. The first-order valence-electron chi connectivity index (χ1n) is 7.10. The van der Waals surface area contributed by atoms with Crippen molar-refractivity contribution in [3.05, 3.63) is 34.7 Å². The van der Waals surface area contributed by atoms with Gasteiger partial charge in [0.25, 0.3) is 0 Å². The van der Waals surface area contributed by atoms with Gasteiger partial charge < -0.3 is 0 Å². The summed E-state index contributed by atoms with van der Waals surface area (Å²) < 4.78 is 41.1. The molecule has 1 aliphatic rings. The molecule has 108 valence electrons. The van der Waals surface area contributed by atoms with Crippen LogP contribution in [0.15, 0.2) is 24.3 Å². The summed E-state index contributed by atoms with van der Waals surface area (Å²) in [6.07, 6.45) is 5.12. The van der Waals surface area contributed by atoms with Gasteiger partial charge in [0, 0.05) is 23.4 Å². The minimum absolute atomic E-state index is 0.126. The zero-order valence-electron chi connectivity index (χ0n) is 11.5. The molecular weight excluding hydrogens is 281 g/mol. The van der Waals surface area contributed by atoms with Crippen molar-refractivity contribution in [2.45, 2.75) is 50.5 Å². The van der Waals surface area contributed by atoms with Gasteiger partial charge in [-0.3, -0.25) is 0 Å². The van der Waals surface area contributed by atoms with Crippen LogP contribution in [0.2, 0.25) is 0 Å². The molecule has 0 bridgehead atoms. The maximum atomic E-state index is 13.5. The summed E-state index contributed by atoms with van der Waals surface area (Å²) in [4.78, 5) is 0.637. The van der Waals surface area contributed by atoms with E-state index in [1.807, 2.05) is 25.1 Å². The van der Waals surface area contributed by atoms with Crippen LogP contribution in [-0.4, -0.2) is 0 Å². The van der Waals surface area contributed by atoms with Crippen LogP contribution in [-0.2, 0) is 5.51 Å². The van der Waals surface area contributed by atoms with Crippen molar-refractivity contribution in [1.82, 2.24) is 0 Å². The second kappa shape index (κ2) is 5.06. The molecule has 0 amide bonds. The van der Waals surface area contributed by atoms with Crippen LogP contribution in [0.4, 0.5) is 13.2 Å². The van der Waals surface area contributed by atoms with E-state index in [0.29, 0.717) is 9.58 Å². The van der Waals surface area contributed by atoms with Gasteiger partial charge in [-0.2, -0.15) is 0 Å². The average molecular weight is 299 g/mol. The Hall–Kier alpha value is -1.03. The number of thiophene rings is 1. The maximum absolute atomic E-state index is 13.5. The van der Waals surface area contributed by atoms with E-state index in [1.54, 1.807) is 6.07 Å². The van der Waals surface area contributed by atoms with Crippen molar-refractivity contribution in [1.29, 1.82) is 0 Å². The number of hydrogen-bond donors (Lipinski definition) is 0. The fourth-order valence-corrected chi connectivity index (χ4v) is 5.46. The third kappa shape index (κ3) is 2.46. The Kier molecular flexibility index (Phi) is 3.53. The molecule has 0 saturated heterocycles. The van der Waals surface area contributed by atoms with Crippen LogP contribution in [0.3, 0.4) is 0 Å². The molecule has 4 heteroatoms. The van der Waals surface area contributed by atoms with E-state index in [2.05, 4.69) is 0 Å². The number of fused-ring (bicyclic) bond motifs is 1. The largest absolute Gasteiger partial charge is 0.600 e. The third-order valence-electron chi connectivity index (χ3n) is 4.16. The van der Waals surface area contributed by atoms with E-state index in [-0.39, 0.29) is 5.92 Å². The van der Waals surface area contributed by atoms with Crippen molar-refractivity contribution in [3.8, 4) is 0 Å². The van der Waals surface area contributed by atoms with Gasteiger partial charge in [0.05, 0.1) is 10.5 Å². The van der Waals surface area contributed by atoms with E-state index < -0.39 is 16.0 Å². The Morgan fingerprint density at radius 3 is 2.40 bits per heavy atom. The predicted molar refractivity (Wildman–Crippen MR) is 78.3 cm³/mol. The fourth-order valence-electron chi connectivity index (χ4n) is 3.21. The summed E-state index contributed by atoms with van der Waals surface area (Å²) in [5.41, 5.74) is -3.24. The molecule has 3 rings (SSSR count). The highest BCUT2D eigenvalue weighted by molar-refractivity contribution is 7.38. The lowest BCUT2D eigenvalue weighted by atomic mass is 9.88. The highest BCUT2D eigenvalue weighted by atomic mass is 32.2. The lowest BCUT2D eigenvalue weighted by Crippen LogP contribution is -2.06. The molecule has 1 heterocycles. The first kappa shape index (κ1) is 13.9. The monoisotopic (exact) mass is 299 g/mol. The number of benzene rings is 1. The Labute approximate surface area is 119 Å². The molecule has 2 aromatic rings. The Bertz CT molecular complexity index is 618. The molecule has 1 aromatic carbocycles. The molecule has 0 spiro atoms. The van der Waals surface area contributed by atoms with Crippen LogP contribution < -0.4 is 0 Å². The van der Waals surface area contributed by atoms with Crippen LogP contribution >= 0.6 is 10.5 Å². The second-order valence-electron chi connectivity index (χ2n) is 5.67. The molecule has 1 fully saturated rings. The second-order valence-corrected chi connectivity index (χ2v) is 7.66. The lowest BCUT2D eigenvalue weighted by molar-refractivity contribution is -0.0868. The summed E-state index contributed by atoms with van der Waals surface area (Å²) in [6, 6.07) is 7.28. The zero-order chi connectivity index (χ0) is 14.3. The van der Waals surface area contributed by atoms with Crippen molar-refractivity contribution in [2.75, 3.05) is 0 Å². The van der Waals surface area contributed by atoms with E-state index in [0.717, 1.165) is 43.1 Å². The van der Waals surface area contributed by atoms with Gasteiger partial charge in [0.2, 0.25) is 0 Å². The Balaban J connectivity index is 2.19. The van der Waals surface area contributed by atoms with Gasteiger partial charge in [-0.15, -0.1) is 13.2 Å². The fraction of sp³-hybridized carbons (Fsp3) is 0.500. The summed E-state index contributed by atoms with van der Waals surface area (Å²) in [7, 11) is -1.70. The smallest absolute Gasteiger partial charge is 0.118 e. The van der Waals surface area contributed by atoms with Gasteiger partial charge >= 0.3 is 5.51 Å². The number of alkyl halides is 3. The summed E-state index contributed by atoms with van der Waals surface area (Å²) in [5.74, 6) is 0.126. The minimum Gasteiger partial charge on any atom is -0.118 e. The van der Waals surface area contributed by atoms with Crippen LogP contribution in [0, 0.1) is 6.92 Å². The number of halogens is 3. The summed E-state index contributed by atoms with van der Waals surface area (Å²) in [6.45, 7) is 1.86. The van der Waals surface area contributed by atoms with Crippen LogP contribution in [0.5, 0.6) is 0 Å².